The van der Waals surface area contributed by atoms with E-state index in [4.69, 9.17) is 10.8 Å². The van der Waals surface area contributed by atoms with Crippen molar-refractivity contribution in [2.75, 3.05) is 13.1 Å². The lowest BCUT2D eigenvalue weighted by Gasteiger charge is -2.35. The molecule has 0 aromatic heterocycles. The summed E-state index contributed by atoms with van der Waals surface area (Å²) in [5, 5.41) is 8.91. The molecule has 0 aliphatic rings. The molecule has 19 heavy (non-hydrogen) atoms. The van der Waals surface area contributed by atoms with Crippen LogP contribution >= 0.6 is 0 Å². The second-order valence-corrected chi connectivity index (χ2v) is 6.48. The number of carbonyl (C=O) groups excluding carboxylic acids is 1. The zero-order valence-corrected chi connectivity index (χ0v) is 12.8. The molecule has 0 heterocycles. The SMILES string of the molecule is CC(C)C[C@H](CN)CC(=O)N(CC(=O)O)C(C)(C)C. The smallest absolute Gasteiger partial charge is 0.323 e. The Morgan fingerprint density at radius 3 is 2.11 bits per heavy atom. The van der Waals surface area contributed by atoms with Gasteiger partial charge in [0.25, 0.3) is 0 Å². The minimum atomic E-state index is -0.989. The molecule has 1 atom stereocenters. The number of aliphatic carboxylic acids is 1. The number of carboxylic acid groups (broad SMARTS) is 1. The third-order valence-corrected chi connectivity index (χ3v) is 3.01. The van der Waals surface area contributed by atoms with Gasteiger partial charge in [0.15, 0.2) is 0 Å². The molecule has 0 fully saturated rings. The summed E-state index contributed by atoms with van der Waals surface area (Å²) in [7, 11) is 0. The van der Waals surface area contributed by atoms with Gasteiger partial charge in [0, 0.05) is 12.0 Å². The van der Waals surface area contributed by atoms with Crippen LogP contribution in [0.3, 0.4) is 0 Å². The highest BCUT2D eigenvalue weighted by molar-refractivity contribution is 5.82. The summed E-state index contributed by atoms with van der Waals surface area (Å²) in [5.74, 6) is -0.530. The lowest BCUT2D eigenvalue weighted by atomic mass is 9.93. The highest BCUT2D eigenvalue weighted by Gasteiger charge is 2.29. The van der Waals surface area contributed by atoms with Gasteiger partial charge >= 0.3 is 5.97 Å². The Morgan fingerprint density at radius 1 is 1.26 bits per heavy atom. The van der Waals surface area contributed by atoms with Crippen molar-refractivity contribution in [1.29, 1.82) is 0 Å². The molecule has 0 radical (unpaired) electrons. The van der Waals surface area contributed by atoms with E-state index in [1.807, 2.05) is 20.8 Å². The molecular weight excluding hydrogens is 244 g/mol. The normalized spacial score (nSPS) is 13.4. The number of carbonyl (C=O) groups is 2. The molecule has 5 heteroatoms. The Morgan fingerprint density at radius 2 is 1.79 bits per heavy atom. The zero-order chi connectivity index (χ0) is 15.2. The van der Waals surface area contributed by atoms with Crippen LogP contribution in [-0.2, 0) is 9.59 Å². The van der Waals surface area contributed by atoms with Crippen LogP contribution in [0.4, 0.5) is 0 Å². The first kappa shape index (κ1) is 17.9. The number of hydrogen-bond donors (Lipinski definition) is 2. The van der Waals surface area contributed by atoms with Crippen LogP contribution < -0.4 is 5.73 Å². The number of carboxylic acids is 1. The molecule has 1 amide bonds. The summed E-state index contributed by atoms with van der Waals surface area (Å²) in [4.78, 5) is 24.6. The molecule has 0 bridgehead atoms. The van der Waals surface area contributed by atoms with Crippen molar-refractivity contribution >= 4 is 11.9 Å². The summed E-state index contributed by atoms with van der Waals surface area (Å²) in [6, 6.07) is 0. The van der Waals surface area contributed by atoms with Crippen molar-refractivity contribution in [1.82, 2.24) is 4.90 Å². The number of nitrogens with zero attached hydrogens (tertiary/aromatic N) is 1. The van der Waals surface area contributed by atoms with Gasteiger partial charge in [0.05, 0.1) is 0 Å². The molecule has 0 aromatic carbocycles. The molecule has 112 valence electrons. The fourth-order valence-corrected chi connectivity index (χ4v) is 2.12. The van der Waals surface area contributed by atoms with Crippen LogP contribution in [0.2, 0.25) is 0 Å². The van der Waals surface area contributed by atoms with Crippen molar-refractivity contribution in [2.45, 2.75) is 53.0 Å². The highest BCUT2D eigenvalue weighted by atomic mass is 16.4. The van der Waals surface area contributed by atoms with Gasteiger partial charge in [-0.05, 0) is 45.6 Å². The molecule has 0 aromatic rings. The molecule has 5 nitrogen and oxygen atoms in total. The third kappa shape index (κ3) is 7.15. The van der Waals surface area contributed by atoms with E-state index < -0.39 is 11.5 Å². The van der Waals surface area contributed by atoms with E-state index in [1.165, 1.54) is 4.90 Å². The minimum Gasteiger partial charge on any atom is -0.480 e. The minimum absolute atomic E-state index is 0.117. The molecule has 0 aliphatic carbocycles. The molecule has 0 saturated heterocycles. The van der Waals surface area contributed by atoms with E-state index in [0.717, 1.165) is 6.42 Å². The Hall–Kier alpha value is -1.10. The topological polar surface area (TPSA) is 83.6 Å². The molecule has 0 saturated carbocycles. The summed E-state index contributed by atoms with van der Waals surface area (Å²) >= 11 is 0. The Kier molecular flexibility index (Phi) is 7.05. The Balaban J connectivity index is 4.76. The molecule has 3 N–H and O–H groups in total. The summed E-state index contributed by atoms with van der Waals surface area (Å²) in [6.07, 6.45) is 1.20. The van der Waals surface area contributed by atoms with Gasteiger partial charge in [-0.15, -0.1) is 0 Å². The van der Waals surface area contributed by atoms with Gasteiger partial charge < -0.3 is 15.7 Å². The second kappa shape index (κ2) is 7.48. The van der Waals surface area contributed by atoms with Gasteiger partial charge in [0.2, 0.25) is 5.91 Å². The quantitative estimate of drug-likeness (QED) is 0.739. The lowest BCUT2D eigenvalue weighted by Crippen LogP contribution is -2.49. The van der Waals surface area contributed by atoms with E-state index in [-0.39, 0.29) is 18.4 Å². The van der Waals surface area contributed by atoms with E-state index in [2.05, 4.69) is 13.8 Å². The average Bonchev–Trinajstić information content (AvgIpc) is 2.22. The molecule has 0 rings (SSSR count). The largest absolute Gasteiger partial charge is 0.480 e. The summed E-state index contributed by atoms with van der Waals surface area (Å²) in [6.45, 7) is 9.89. The van der Waals surface area contributed by atoms with Crippen LogP contribution in [0, 0.1) is 11.8 Å². The standard InChI is InChI=1S/C14H28N2O3/c1-10(2)6-11(8-15)7-12(17)16(9-13(18)19)14(3,4)5/h10-11H,6-9,15H2,1-5H3,(H,18,19)/t11-/m0/s1. The van der Waals surface area contributed by atoms with Crippen LogP contribution in [0.25, 0.3) is 0 Å². The second-order valence-electron chi connectivity index (χ2n) is 6.48. The highest BCUT2D eigenvalue weighted by Crippen LogP contribution is 2.20. The van der Waals surface area contributed by atoms with Crippen LogP contribution in [-0.4, -0.2) is 40.5 Å². The van der Waals surface area contributed by atoms with Crippen molar-refractivity contribution in [3.8, 4) is 0 Å². The monoisotopic (exact) mass is 272 g/mol. The van der Waals surface area contributed by atoms with Gasteiger partial charge in [-0.25, -0.2) is 0 Å². The maximum Gasteiger partial charge on any atom is 0.323 e. The fourth-order valence-electron chi connectivity index (χ4n) is 2.12. The van der Waals surface area contributed by atoms with Crippen LogP contribution in [0.5, 0.6) is 0 Å². The zero-order valence-electron chi connectivity index (χ0n) is 12.8. The molecule has 0 spiro atoms. The third-order valence-electron chi connectivity index (χ3n) is 3.01. The van der Waals surface area contributed by atoms with Crippen LogP contribution in [0.1, 0.15) is 47.5 Å². The number of nitrogens with two attached hydrogens (primary N) is 1. The van der Waals surface area contributed by atoms with E-state index in [0.29, 0.717) is 18.9 Å². The maximum atomic E-state index is 12.3. The summed E-state index contributed by atoms with van der Waals surface area (Å²) in [5.41, 5.74) is 5.20. The van der Waals surface area contributed by atoms with Crippen molar-refractivity contribution in [3.05, 3.63) is 0 Å². The van der Waals surface area contributed by atoms with Gasteiger partial charge in [-0.2, -0.15) is 0 Å². The van der Waals surface area contributed by atoms with Crippen molar-refractivity contribution in [2.24, 2.45) is 17.6 Å². The number of amides is 1. The van der Waals surface area contributed by atoms with Gasteiger partial charge in [-0.1, -0.05) is 13.8 Å². The first-order valence-corrected chi connectivity index (χ1v) is 6.80. The lowest BCUT2D eigenvalue weighted by molar-refractivity contribution is -0.148. The van der Waals surface area contributed by atoms with Gasteiger partial charge in [0.1, 0.15) is 6.54 Å². The van der Waals surface area contributed by atoms with Crippen LogP contribution in [0.15, 0.2) is 0 Å². The average molecular weight is 272 g/mol. The predicted molar refractivity (Wildman–Crippen MR) is 75.7 cm³/mol. The Bertz CT molecular complexity index is 308. The summed E-state index contributed by atoms with van der Waals surface area (Å²) < 4.78 is 0. The maximum absolute atomic E-state index is 12.3. The first-order valence-electron chi connectivity index (χ1n) is 6.80. The van der Waals surface area contributed by atoms with Crippen molar-refractivity contribution in [3.63, 3.8) is 0 Å². The predicted octanol–water partition coefficient (Wildman–Crippen LogP) is 1.71. The van der Waals surface area contributed by atoms with E-state index in [1.54, 1.807) is 0 Å². The van der Waals surface area contributed by atoms with E-state index >= 15 is 0 Å². The first-order chi connectivity index (χ1) is 8.57. The fraction of sp³-hybridized carbons (Fsp3) is 0.857. The molecule has 0 unspecified atom stereocenters. The van der Waals surface area contributed by atoms with Gasteiger partial charge in [-0.3, -0.25) is 9.59 Å². The van der Waals surface area contributed by atoms with E-state index in [9.17, 15) is 9.59 Å². The van der Waals surface area contributed by atoms with Crippen molar-refractivity contribution < 1.29 is 14.7 Å². The Labute approximate surface area is 116 Å². The molecule has 0 aliphatic heterocycles. The number of hydrogen-bond acceptors (Lipinski definition) is 3. The number of rotatable bonds is 7. The molecular formula is C14H28N2O3.